The van der Waals surface area contributed by atoms with Gasteiger partial charge in [-0.05, 0) is 32.0 Å². The lowest BCUT2D eigenvalue weighted by Gasteiger charge is -2.30. The standard InChI is InChI=1S/C21H21F3N6O2/c1-20(2)17-14(19(31)30(20)13-9-27-29(10-13)11-21(22,23)24)5-6-15(28-17)12-7-16(32-4)18(25-3)26-8-12/h5-10H,11H2,1-4H3,(H,25,26). The lowest BCUT2D eigenvalue weighted by Crippen LogP contribution is -2.39. The van der Waals surface area contributed by atoms with Crippen LogP contribution in [0.1, 0.15) is 29.9 Å². The maximum Gasteiger partial charge on any atom is 0.408 e. The minimum absolute atomic E-state index is 0.269. The van der Waals surface area contributed by atoms with Crippen molar-refractivity contribution >= 4 is 17.4 Å². The van der Waals surface area contributed by atoms with E-state index in [0.717, 1.165) is 4.68 Å². The summed E-state index contributed by atoms with van der Waals surface area (Å²) in [6.45, 7) is 2.34. The third-order valence-electron chi connectivity index (χ3n) is 5.29. The van der Waals surface area contributed by atoms with Gasteiger partial charge in [-0.15, -0.1) is 0 Å². The van der Waals surface area contributed by atoms with Gasteiger partial charge in [-0.3, -0.25) is 14.4 Å². The Labute approximate surface area is 182 Å². The van der Waals surface area contributed by atoms with Crippen molar-refractivity contribution in [1.82, 2.24) is 19.7 Å². The highest BCUT2D eigenvalue weighted by Gasteiger charge is 2.46. The number of aromatic nitrogens is 4. The van der Waals surface area contributed by atoms with E-state index >= 15 is 0 Å². The number of anilines is 2. The second-order valence-electron chi connectivity index (χ2n) is 7.83. The fourth-order valence-corrected chi connectivity index (χ4v) is 3.85. The average molecular weight is 446 g/mol. The van der Waals surface area contributed by atoms with E-state index in [-0.39, 0.29) is 11.6 Å². The highest BCUT2D eigenvalue weighted by atomic mass is 19.4. The fourth-order valence-electron chi connectivity index (χ4n) is 3.85. The third kappa shape index (κ3) is 3.63. The van der Waals surface area contributed by atoms with Crippen LogP contribution in [0.3, 0.4) is 0 Å². The number of methoxy groups -OCH3 is 1. The van der Waals surface area contributed by atoms with Gasteiger partial charge in [0.2, 0.25) is 0 Å². The number of carbonyl (C=O) groups excluding carboxylic acids is 1. The van der Waals surface area contributed by atoms with Crippen molar-refractivity contribution in [1.29, 1.82) is 0 Å². The molecular formula is C21H21F3N6O2. The van der Waals surface area contributed by atoms with Crippen LogP contribution in [-0.2, 0) is 12.1 Å². The van der Waals surface area contributed by atoms with E-state index in [9.17, 15) is 18.0 Å². The SMILES string of the molecule is CNc1ncc(-c2ccc3c(n2)C(C)(C)N(c2cnn(CC(F)(F)F)c2)C3=O)cc1OC. The molecule has 0 atom stereocenters. The van der Waals surface area contributed by atoms with E-state index in [1.165, 1.54) is 24.4 Å². The van der Waals surface area contributed by atoms with Crippen molar-refractivity contribution in [2.75, 3.05) is 24.4 Å². The topological polar surface area (TPSA) is 85.2 Å². The number of fused-ring (bicyclic) bond motifs is 1. The van der Waals surface area contributed by atoms with Crippen LogP contribution in [0.4, 0.5) is 24.7 Å². The minimum Gasteiger partial charge on any atom is -0.493 e. The Kier molecular flexibility index (Phi) is 5.06. The Morgan fingerprint density at radius 3 is 2.62 bits per heavy atom. The summed E-state index contributed by atoms with van der Waals surface area (Å²) in [7, 11) is 3.27. The van der Waals surface area contributed by atoms with Crippen molar-refractivity contribution in [2.45, 2.75) is 32.1 Å². The first kappa shape index (κ1) is 21.6. The van der Waals surface area contributed by atoms with Crippen molar-refractivity contribution < 1.29 is 22.7 Å². The highest BCUT2D eigenvalue weighted by Crippen LogP contribution is 2.42. The molecule has 0 fully saturated rings. The number of hydrogen-bond acceptors (Lipinski definition) is 6. The number of hydrogen-bond donors (Lipinski definition) is 1. The summed E-state index contributed by atoms with van der Waals surface area (Å²) in [5, 5.41) is 6.70. The molecule has 3 aromatic heterocycles. The number of pyridine rings is 2. The molecule has 0 radical (unpaired) electrons. The van der Waals surface area contributed by atoms with Crippen LogP contribution < -0.4 is 15.0 Å². The zero-order valence-corrected chi connectivity index (χ0v) is 17.9. The Morgan fingerprint density at radius 1 is 1.22 bits per heavy atom. The van der Waals surface area contributed by atoms with Crippen molar-refractivity contribution in [3.8, 4) is 17.0 Å². The predicted molar refractivity (Wildman–Crippen MR) is 112 cm³/mol. The van der Waals surface area contributed by atoms with Crippen LogP contribution in [-0.4, -0.2) is 46.0 Å². The Hall–Kier alpha value is -3.63. The molecule has 1 amide bonds. The second-order valence-corrected chi connectivity index (χ2v) is 7.83. The molecule has 0 aromatic carbocycles. The zero-order chi connectivity index (χ0) is 23.3. The number of alkyl halides is 3. The smallest absolute Gasteiger partial charge is 0.408 e. The second kappa shape index (κ2) is 7.50. The number of nitrogens with zero attached hydrogens (tertiary/aromatic N) is 5. The number of carbonyl (C=O) groups is 1. The minimum atomic E-state index is -4.41. The molecule has 0 spiro atoms. The van der Waals surface area contributed by atoms with Crippen molar-refractivity contribution in [3.05, 3.63) is 48.0 Å². The van der Waals surface area contributed by atoms with Gasteiger partial charge in [-0.1, -0.05) is 0 Å². The molecule has 1 aliphatic heterocycles. The van der Waals surface area contributed by atoms with Crippen molar-refractivity contribution in [3.63, 3.8) is 0 Å². The lowest BCUT2D eigenvalue weighted by atomic mass is 9.98. The van der Waals surface area contributed by atoms with Gasteiger partial charge in [-0.25, -0.2) is 9.97 Å². The lowest BCUT2D eigenvalue weighted by molar-refractivity contribution is -0.142. The van der Waals surface area contributed by atoms with Crippen LogP contribution in [0.25, 0.3) is 11.3 Å². The fraction of sp³-hybridized carbons (Fsp3) is 0.333. The molecule has 1 aliphatic rings. The zero-order valence-electron chi connectivity index (χ0n) is 17.9. The predicted octanol–water partition coefficient (Wildman–Crippen LogP) is 3.85. The van der Waals surface area contributed by atoms with Crippen LogP contribution in [0.15, 0.2) is 36.8 Å². The number of halogens is 3. The first-order valence-corrected chi connectivity index (χ1v) is 9.72. The van der Waals surface area contributed by atoms with Gasteiger partial charge in [0.05, 0.1) is 41.5 Å². The van der Waals surface area contributed by atoms with Gasteiger partial charge in [0.25, 0.3) is 5.91 Å². The number of rotatable bonds is 5. The number of ether oxygens (including phenoxy) is 1. The first-order valence-electron chi connectivity index (χ1n) is 9.72. The summed E-state index contributed by atoms with van der Waals surface area (Å²) in [6, 6.07) is 5.16. The van der Waals surface area contributed by atoms with Gasteiger partial charge in [0.15, 0.2) is 11.6 Å². The highest BCUT2D eigenvalue weighted by molar-refractivity contribution is 6.11. The van der Waals surface area contributed by atoms with E-state index in [1.807, 2.05) is 0 Å². The molecule has 1 N–H and O–H groups in total. The molecule has 11 heteroatoms. The van der Waals surface area contributed by atoms with Gasteiger partial charge in [0.1, 0.15) is 6.54 Å². The molecule has 0 aliphatic carbocycles. The number of amides is 1. The van der Waals surface area contributed by atoms with Gasteiger partial charge >= 0.3 is 6.18 Å². The summed E-state index contributed by atoms with van der Waals surface area (Å²) in [5.74, 6) is 0.771. The van der Waals surface area contributed by atoms with Crippen molar-refractivity contribution in [2.24, 2.45) is 0 Å². The van der Waals surface area contributed by atoms with Crippen LogP contribution in [0.5, 0.6) is 5.75 Å². The summed E-state index contributed by atoms with van der Waals surface area (Å²) in [5.41, 5.74) is 1.55. The van der Waals surface area contributed by atoms with Crippen LogP contribution >= 0.6 is 0 Å². The molecule has 0 saturated carbocycles. The van der Waals surface area contributed by atoms with E-state index in [2.05, 4.69) is 15.4 Å². The van der Waals surface area contributed by atoms with Gasteiger partial charge < -0.3 is 10.1 Å². The molecule has 4 rings (SSSR count). The van der Waals surface area contributed by atoms with E-state index in [4.69, 9.17) is 9.72 Å². The normalized spacial score (nSPS) is 15.1. The van der Waals surface area contributed by atoms with E-state index < -0.39 is 18.3 Å². The molecule has 8 nitrogen and oxygen atoms in total. The quantitative estimate of drug-likeness (QED) is 0.641. The molecule has 0 bridgehead atoms. The van der Waals surface area contributed by atoms with Gasteiger partial charge in [-0.2, -0.15) is 18.3 Å². The molecule has 0 saturated heterocycles. The Morgan fingerprint density at radius 2 is 1.97 bits per heavy atom. The van der Waals surface area contributed by atoms with E-state index in [1.54, 1.807) is 45.3 Å². The van der Waals surface area contributed by atoms with Gasteiger partial charge in [0, 0.05) is 25.0 Å². The summed E-state index contributed by atoms with van der Waals surface area (Å²) in [4.78, 5) is 23.6. The largest absolute Gasteiger partial charge is 0.493 e. The summed E-state index contributed by atoms with van der Waals surface area (Å²) in [6.07, 6.45) is -0.300. The molecule has 0 unspecified atom stereocenters. The molecule has 168 valence electrons. The maximum absolute atomic E-state index is 13.1. The Bertz CT molecular complexity index is 1190. The molecule has 3 aromatic rings. The van der Waals surface area contributed by atoms with E-state index in [0.29, 0.717) is 34.1 Å². The monoisotopic (exact) mass is 446 g/mol. The molecule has 32 heavy (non-hydrogen) atoms. The number of nitrogens with one attached hydrogen (secondary N) is 1. The maximum atomic E-state index is 13.1. The summed E-state index contributed by atoms with van der Waals surface area (Å²) < 4.78 is 44.3. The average Bonchev–Trinajstić information content (AvgIpc) is 3.25. The third-order valence-corrected chi connectivity index (χ3v) is 5.29. The summed E-state index contributed by atoms with van der Waals surface area (Å²) >= 11 is 0. The first-order chi connectivity index (χ1) is 15.0. The molecule has 4 heterocycles. The molecular weight excluding hydrogens is 425 g/mol. The van der Waals surface area contributed by atoms with Crippen LogP contribution in [0, 0.1) is 0 Å². The Balaban J connectivity index is 1.72. The van der Waals surface area contributed by atoms with Crippen LogP contribution in [0.2, 0.25) is 0 Å².